The highest BCUT2D eigenvalue weighted by Crippen LogP contribution is 2.39. The Morgan fingerprint density at radius 2 is 1.80 bits per heavy atom. The molecule has 0 bridgehead atoms. The molecule has 6 nitrogen and oxygen atoms in total. The molecule has 0 radical (unpaired) electrons. The molecule has 1 N–H and O–H groups in total. The van der Waals surface area contributed by atoms with Crippen LogP contribution in [0, 0.1) is 12.7 Å². The zero-order valence-electron chi connectivity index (χ0n) is 20.0. The number of aromatic nitrogens is 1. The van der Waals surface area contributed by atoms with Crippen molar-refractivity contribution in [1.82, 2.24) is 4.98 Å². The first kappa shape index (κ1) is 26.5. The Balaban J connectivity index is 2.06. The van der Waals surface area contributed by atoms with E-state index < -0.39 is 20.1 Å². The van der Waals surface area contributed by atoms with Gasteiger partial charge in [-0.2, -0.15) is 0 Å². The number of carbonyl (C=O) groups is 1. The first-order valence-corrected chi connectivity index (χ1v) is 12.8. The van der Waals surface area contributed by atoms with Gasteiger partial charge in [0.25, 0.3) is 0 Å². The number of ether oxygens (including phenoxy) is 1. The summed E-state index contributed by atoms with van der Waals surface area (Å²) < 4.78 is 35.5. The topological polar surface area (TPSA) is 85.7 Å². The number of carbonyl (C=O) groups excluding carboxylic acids is 1. The van der Waals surface area contributed by atoms with E-state index in [1.54, 1.807) is 12.1 Å². The molecule has 0 aliphatic carbocycles. The summed E-state index contributed by atoms with van der Waals surface area (Å²) in [6.07, 6.45) is -1.14. The third-order valence-electron chi connectivity index (χ3n) is 5.58. The molecule has 0 aliphatic heterocycles. The van der Waals surface area contributed by atoms with Crippen LogP contribution in [0.1, 0.15) is 30.2 Å². The van der Waals surface area contributed by atoms with Gasteiger partial charge in [-0.3, -0.25) is 14.3 Å². The summed E-state index contributed by atoms with van der Waals surface area (Å²) in [4.78, 5) is 17.4. The van der Waals surface area contributed by atoms with Crippen LogP contribution in [-0.2, 0) is 25.0 Å². The van der Waals surface area contributed by atoms with Crippen molar-refractivity contribution in [1.29, 1.82) is 0 Å². The van der Waals surface area contributed by atoms with E-state index >= 15 is 0 Å². The molecule has 2 aromatic carbocycles. The largest absolute Gasteiger partial charge is 0.426 e. The van der Waals surface area contributed by atoms with Gasteiger partial charge in [0.05, 0.1) is 23.9 Å². The quantitative estimate of drug-likeness (QED) is 0.216. The molecule has 0 fully saturated rings. The summed E-state index contributed by atoms with van der Waals surface area (Å²) in [5, 5.41) is 10.0. The van der Waals surface area contributed by atoms with Crippen molar-refractivity contribution in [2.45, 2.75) is 32.8 Å². The summed E-state index contributed by atoms with van der Waals surface area (Å²) in [7, 11) is -1.13. The summed E-state index contributed by atoms with van der Waals surface area (Å²) in [6.45, 7) is 7.84. The zero-order valence-corrected chi connectivity index (χ0v) is 21.0. The minimum atomic E-state index is -2.42. The third-order valence-corrected chi connectivity index (χ3v) is 6.84. The number of aryl methyl sites for hydroxylation is 1. The van der Waals surface area contributed by atoms with Crippen molar-refractivity contribution in [3.8, 4) is 22.4 Å². The van der Waals surface area contributed by atoms with Crippen molar-refractivity contribution in [2.75, 3.05) is 13.3 Å². The van der Waals surface area contributed by atoms with Gasteiger partial charge in [-0.05, 0) is 42.2 Å². The van der Waals surface area contributed by atoms with Gasteiger partial charge in [-0.15, -0.1) is 0 Å². The van der Waals surface area contributed by atoms with E-state index in [0.29, 0.717) is 17.7 Å². The number of pyridine rings is 1. The van der Waals surface area contributed by atoms with Crippen LogP contribution >= 0.6 is 8.03 Å². The molecule has 0 spiro atoms. The minimum absolute atomic E-state index is 0.0768. The first-order valence-electron chi connectivity index (χ1n) is 11.2. The molecule has 8 heteroatoms. The van der Waals surface area contributed by atoms with E-state index in [1.807, 2.05) is 44.2 Å². The molecule has 184 valence electrons. The van der Waals surface area contributed by atoms with Gasteiger partial charge in [-0.1, -0.05) is 56.0 Å². The van der Waals surface area contributed by atoms with Crippen molar-refractivity contribution >= 4 is 19.8 Å². The molecular formula is C27H29FNO5P. The number of rotatable bonds is 10. The fourth-order valence-corrected chi connectivity index (χ4v) is 4.60. The Bertz CT molecular complexity index is 1230. The van der Waals surface area contributed by atoms with Crippen molar-refractivity contribution < 1.29 is 28.1 Å². The predicted molar refractivity (Wildman–Crippen MR) is 136 cm³/mol. The molecule has 0 aliphatic rings. The highest BCUT2D eigenvalue weighted by atomic mass is 31.1. The van der Waals surface area contributed by atoms with Gasteiger partial charge >= 0.3 is 5.97 Å². The van der Waals surface area contributed by atoms with E-state index in [1.165, 1.54) is 19.2 Å². The Labute approximate surface area is 205 Å². The molecule has 35 heavy (non-hydrogen) atoms. The molecular weight excluding hydrogens is 468 g/mol. The van der Waals surface area contributed by atoms with Crippen molar-refractivity contribution in [3.05, 3.63) is 83.8 Å². The fraction of sp³-hybridized carbons (Fsp3) is 0.259. The second-order valence-electron chi connectivity index (χ2n) is 8.04. The number of hydrogen-bond acceptors (Lipinski definition) is 6. The first-order chi connectivity index (χ1) is 16.7. The van der Waals surface area contributed by atoms with Crippen molar-refractivity contribution in [2.24, 2.45) is 0 Å². The van der Waals surface area contributed by atoms with Gasteiger partial charge in [0.1, 0.15) is 11.6 Å². The van der Waals surface area contributed by atoms with E-state index in [-0.39, 0.29) is 24.2 Å². The smallest absolute Gasteiger partial charge is 0.313 e. The molecule has 2 unspecified atom stereocenters. The lowest BCUT2D eigenvalue weighted by molar-refractivity contribution is -0.138. The van der Waals surface area contributed by atoms with Crippen LogP contribution in [0.3, 0.4) is 0 Å². The number of halogens is 1. The standard InChI is InChI=1S/C27H29FNO5P/c1-5-23-26(18(3)34-24(31)15-22(30)16-35(32)33-4)25(19-11-13-21(28)14-12-19)17(2)27(29-23)20-9-7-6-8-10-20/h6-14,22,30,35H,3,5,15-16H2,1-2,4H3. The van der Waals surface area contributed by atoms with Gasteiger partial charge in [-0.25, -0.2) is 4.39 Å². The highest BCUT2D eigenvalue weighted by Gasteiger charge is 2.24. The van der Waals surface area contributed by atoms with E-state index in [0.717, 1.165) is 27.9 Å². The molecule has 3 rings (SSSR count). The summed E-state index contributed by atoms with van der Waals surface area (Å²) in [5.41, 5.74) is 5.19. The van der Waals surface area contributed by atoms with Gasteiger partial charge in [0.15, 0.2) is 8.03 Å². The SMILES string of the molecule is C=C(OC(=O)CC(O)C[PH](=O)OC)c1c(CC)nc(-c2ccccc2)c(C)c1-c1ccc(F)cc1. The number of benzene rings is 2. The number of aliphatic hydroxyl groups is 1. The van der Waals surface area contributed by atoms with Crippen LogP contribution in [0.2, 0.25) is 0 Å². The lowest BCUT2D eigenvalue weighted by Gasteiger charge is -2.21. The van der Waals surface area contributed by atoms with Gasteiger partial charge < -0.3 is 14.4 Å². The van der Waals surface area contributed by atoms with E-state index in [2.05, 4.69) is 6.58 Å². The van der Waals surface area contributed by atoms with Crippen LogP contribution in [0.4, 0.5) is 4.39 Å². The third kappa shape index (κ3) is 6.51. The molecule has 0 saturated heterocycles. The normalized spacial score (nSPS) is 12.7. The summed E-state index contributed by atoms with van der Waals surface area (Å²) in [5.74, 6) is -1.01. The van der Waals surface area contributed by atoms with Crippen LogP contribution < -0.4 is 0 Å². The molecule has 0 amide bonds. The summed E-state index contributed by atoms with van der Waals surface area (Å²) >= 11 is 0. The maximum atomic E-state index is 13.7. The van der Waals surface area contributed by atoms with Crippen LogP contribution in [0.5, 0.6) is 0 Å². The number of esters is 1. The maximum absolute atomic E-state index is 13.7. The predicted octanol–water partition coefficient (Wildman–Crippen LogP) is 5.81. The minimum Gasteiger partial charge on any atom is -0.426 e. The molecule has 3 aromatic rings. The van der Waals surface area contributed by atoms with E-state index in [4.69, 9.17) is 14.2 Å². The van der Waals surface area contributed by atoms with Crippen LogP contribution in [-0.4, -0.2) is 35.4 Å². The Kier molecular flexibility index (Phi) is 9.10. The second-order valence-corrected chi connectivity index (χ2v) is 9.60. The summed E-state index contributed by atoms with van der Waals surface area (Å²) in [6, 6.07) is 15.8. The molecule has 0 saturated carbocycles. The fourth-order valence-electron chi connectivity index (χ4n) is 3.91. The Hall–Kier alpha value is -3.12. The lowest BCUT2D eigenvalue weighted by Crippen LogP contribution is -2.18. The number of nitrogens with zero attached hydrogens (tertiary/aromatic N) is 1. The number of aliphatic hydroxyl groups excluding tert-OH is 1. The highest BCUT2D eigenvalue weighted by molar-refractivity contribution is 7.39. The zero-order chi connectivity index (χ0) is 25.5. The van der Waals surface area contributed by atoms with Crippen LogP contribution in [0.15, 0.2) is 61.2 Å². The van der Waals surface area contributed by atoms with Gasteiger partial charge in [0.2, 0.25) is 0 Å². The number of hydrogen-bond donors (Lipinski definition) is 1. The Morgan fingerprint density at radius 1 is 1.14 bits per heavy atom. The lowest BCUT2D eigenvalue weighted by atomic mass is 9.89. The maximum Gasteiger partial charge on any atom is 0.313 e. The van der Waals surface area contributed by atoms with Crippen molar-refractivity contribution in [3.63, 3.8) is 0 Å². The second kappa shape index (κ2) is 12.0. The average molecular weight is 498 g/mol. The Morgan fingerprint density at radius 3 is 2.40 bits per heavy atom. The van der Waals surface area contributed by atoms with Crippen LogP contribution in [0.25, 0.3) is 28.1 Å². The molecule has 2 atom stereocenters. The molecule has 1 aromatic heterocycles. The average Bonchev–Trinajstić information content (AvgIpc) is 2.84. The molecule has 1 heterocycles. The van der Waals surface area contributed by atoms with E-state index in [9.17, 15) is 18.9 Å². The van der Waals surface area contributed by atoms with Gasteiger partial charge in [0, 0.05) is 24.4 Å². The monoisotopic (exact) mass is 497 g/mol.